The Morgan fingerprint density at radius 3 is 2.56 bits per heavy atom. The van der Waals surface area contributed by atoms with Crippen LogP contribution in [0, 0.1) is 6.92 Å². The fourth-order valence-electron chi connectivity index (χ4n) is 1.18. The predicted molar refractivity (Wildman–Crippen MR) is 56.4 cm³/mol. The molecule has 0 radical (unpaired) electrons. The van der Waals surface area contributed by atoms with Crippen molar-refractivity contribution >= 4 is 0 Å². The number of alkyl halides is 1. The summed E-state index contributed by atoms with van der Waals surface area (Å²) in [5, 5.41) is 3.72. The molecule has 4 nitrogen and oxygen atoms in total. The van der Waals surface area contributed by atoms with Gasteiger partial charge in [0.2, 0.25) is 5.82 Å². The number of pyridine rings is 1. The van der Waals surface area contributed by atoms with Crippen LogP contribution < -0.4 is 0 Å². The van der Waals surface area contributed by atoms with Gasteiger partial charge in [-0.1, -0.05) is 5.16 Å². The Balaban J connectivity index is 2.35. The molecule has 2 rings (SSSR count). The molecule has 0 unspecified atom stereocenters. The molecule has 2 aromatic rings. The predicted octanol–water partition coefficient (Wildman–Crippen LogP) is 2.64. The topological polar surface area (TPSA) is 51.8 Å². The van der Waals surface area contributed by atoms with Crippen molar-refractivity contribution in [1.82, 2.24) is 15.1 Å². The largest absolute Gasteiger partial charge is 0.335 e. The molecule has 0 amide bonds. The van der Waals surface area contributed by atoms with Crippen molar-refractivity contribution in [3.8, 4) is 11.4 Å². The van der Waals surface area contributed by atoms with E-state index >= 15 is 0 Å². The molecule has 0 aliphatic rings. The van der Waals surface area contributed by atoms with E-state index in [1.165, 1.54) is 13.8 Å². The van der Waals surface area contributed by atoms with Crippen LogP contribution in [0.5, 0.6) is 0 Å². The Kier molecular flexibility index (Phi) is 2.46. The molecule has 16 heavy (non-hydrogen) atoms. The maximum Gasteiger partial charge on any atom is 0.264 e. The molecule has 0 fully saturated rings. The maximum atomic E-state index is 13.5. The number of rotatable bonds is 2. The van der Waals surface area contributed by atoms with Gasteiger partial charge >= 0.3 is 0 Å². The lowest BCUT2D eigenvalue weighted by Crippen LogP contribution is -2.09. The van der Waals surface area contributed by atoms with E-state index in [4.69, 9.17) is 4.52 Å². The van der Waals surface area contributed by atoms with Crippen LogP contribution in [0.1, 0.15) is 25.4 Å². The van der Waals surface area contributed by atoms with Crippen molar-refractivity contribution in [2.75, 3.05) is 0 Å². The average molecular weight is 221 g/mol. The summed E-state index contributed by atoms with van der Waals surface area (Å²) in [4.78, 5) is 8.10. The Hall–Kier alpha value is -1.78. The number of nitrogens with zero attached hydrogens (tertiary/aromatic N) is 3. The molecule has 0 spiro atoms. The highest BCUT2D eigenvalue weighted by atomic mass is 19.1. The minimum atomic E-state index is -1.62. The minimum absolute atomic E-state index is 0.0249. The monoisotopic (exact) mass is 221 g/mol. The second-order valence-electron chi connectivity index (χ2n) is 4.08. The highest BCUT2D eigenvalue weighted by Gasteiger charge is 2.26. The summed E-state index contributed by atoms with van der Waals surface area (Å²) in [7, 11) is 0. The van der Waals surface area contributed by atoms with Crippen molar-refractivity contribution in [2.45, 2.75) is 26.4 Å². The van der Waals surface area contributed by atoms with Gasteiger partial charge in [0, 0.05) is 17.5 Å². The van der Waals surface area contributed by atoms with Crippen LogP contribution >= 0.6 is 0 Å². The zero-order valence-corrected chi connectivity index (χ0v) is 9.36. The first-order valence-electron chi connectivity index (χ1n) is 4.93. The highest BCUT2D eigenvalue weighted by Crippen LogP contribution is 2.25. The molecule has 0 aromatic carbocycles. The van der Waals surface area contributed by atoms with Gasteiger partial charge in [0.1, 0.15) is 0 Å². The SMILES string of the molecule is Cc1ccc(-c2noc(C(C)(C)F)n2)cn1. The van der Waals surface area contributed by atoms with Gasteiger partial charge in [0.25, 0.3) is 5.89 Å². The Morgan fingerprint density at radius 1 is 1.31 bits per heavy atom. The second-order valence-corrected chi connectivity index (χ2v) is 4.08. The smallest absolute Gasteiger partial charge is 0.264 e. The fourth-order valence-corrected chi connectivity index (χ4v) is 1.18. The van der Waals surface area contributed by atoms with E-state index in [2.05, 4.69) is 15.1 Å². The third kappa shape index (κ3) is 2.08. The van der Waals surface area contributed by atoms with Gasteiger partial charge in [-0.25, -0.2) is 4.39 Å². The number of hydrogen-bond donors (Lipinski definition) is 0. The van der Waals surface area contributed by atoms with E-state index in [1.54, 1.807) is 6.20 Å². The van der Waals surface area contributed by atoms with E-state index in [-0.39, 0.29) is 5.89 Å². The standard InChI is InChI=1S/C11H12FN3O/c1-7-4-5-8(6-13-7)9-14-10(16-15-9)11(2,3)12/h4-6H,1-3H3. The first-order chi connectivity index (χ1) is 7.47. The third-order valence-corrected chi connectivity index (χ3v) is 2.10. The lowest BCUT2D eigenvalue weighted by molar-refractivity contribution is 0.155. The molecule has 2 aromatic heterocycles. The highest BCUT2D eigenvalue weighted by molar-refractivity contribution is 5.52. The molecule has 0 saturated heterocycles. The summed E-state index contributed by atoms with van der Waals surface area (Å²) < 4.78 is 18.4. The van der Waals surface area contributed by atoms with Gasteiger partial charge in [0.15, 0.2) is 5.67 Å². The van der Waals surface area contributed by atoms with E-state index < -0.39 is 5.67 Å². The van der Waals surface area contributed by atoms with Gasteiger partial charge in [-0.05, 0) is 32.9 Å². The van der Waals surface area contributed by atoms with Gasteiger partial charge in [0.05, 0.1) is 0 Å². The molecule has 2 heterocycles. The van der Waals surface area contributed by atoms with Crippen LogP contribution in [-0.4, -0.2) is 15.1 Å². The molecule has 84 valence electrons. The fraction of sp³-hybridized carbons (Fsp3) is 0.364. The summed E-state index contributed by atoms with van der Waals surface area (Å²) in [5.41, 5.74) is -0.00763. The van der Waals surface area contributed by atoms with Crippen molar-refractivity contribution < 1.29 is 8.91 Å². The summed E-state index contributed by atoms with van der Waals surface area (Å²) in [6, 6.07) is 3.66. The number of aromatic nitrogens is 3. The molecule has 0 atom stereocenters. The molecule has 0 bridgehead atoms. The lowest BCUT2D eigenvalue weighted by atomic mass is 10.2. The normalized spacial score (nSPS) is 11.8. The van der Waals surface area contributed by atoms with Crippen LogP contribution in [0.15, 0.2) is 22.9 Å². The zero-order chi connectivity index (χ0) is 11.8. The third-order valence-electron chi connectivity index (χ3n) is 2.10. The molecular weight excluding hydrogens is 209 g/mol. The van der Waals surface area contributed by atoms with Crippen molar-refractivity contribution in [1.29, 1.82) is 0 Å². The molecule has 5 heteroatoms. The summed E-state index contributed by atoms with van der Waals surface area (Å²) in [5.74, 6) is 0.330. The van der Waals surface area contributed by atoms with Gasteiger partial charge in [-0.3, -0.25) is 4.98 Å². The number of hydrogen-bond acceptors (Lipinski definition) is 4. The first-order valence-corrected chi connectivity index (χ1v) is 4.93. The van der Waals surface area contributed by atoms with Crippen LogP contribution in [0.4, 0.5) is 4.39 Å². The van der Waals surface area contributed by atoms with Crippen LogP contribution in [-0.2, 0) is 5.67 Å². The number of aryl methyl sites for hydroxylation is 1. The minimum Gasteiger partial charge on any atom is -0.335 e. The zero-order valence-electron chi connectivity index (χ0n) is 9.36. The molecule has 0 saturated carbocycles. The first kappa shape index (κ1) is 10.7. The van der Waals surface area contributed by atoms with Gasteiger partial charge in [-0.2, -0.15) is 4.98 Å². The quantitative estimate of drug-likeness (QED) is 0.782. The Bertz CT molecular complexity index is 485. The van der Waals surface area contributed by atoms with Crippen LogP contribution in [0.2, 0.25) is 0 Å². The Morgan fingerprint density at radius 2 is 2.06 bits per heavy atom. The van der Waals surface area contributed by atoms with Crippen LogP contribution in [0.3, 0.4) is 0 Å². The number of halogens is 1. The van der Waals surface area contributed by atoms with E-state index in [9.17, 15) is 4.39 Å². The lowest BCUT2D eigenvalue weighted by Gasteiger charge is -2.05. The summed E-state index contributed by atoms with van der Waals surface area (Å²) in [6.07, 6.45) is 1.63. The molecule has 0 N–H and O–H groups in total. The summed E-state index contributed by atoms with van der Waals surface area (Å²) in [6.45, 7) is 4.63. The van der Waals surface area contributed by atoms with Crippen molar-refractivity contribution in [3.05, 3.63) is 29.9 Å². The van der Waals surface area contributed by atoms with Crippen LogP contribution in [0.25, 0.3) is 11.4 Å². The van der Waals surface area contributed by atoms with Gasteiger partial charge < -0.3 is 4.52 Å². The average Bonchev–Trinajstić information content (AvgIpc) is 2.67. The van der Waals surface area contributed by atoms with E-state index in [1.807, 2.05) is 19.1 Å². The van der Waals surface area contributed by atoms with E-state index in [0.717, 1.165) is 5.69 Å². The van der Waals surface area contributed by atoms with E-state index in [0.29, 0.717) is 11.4 Å². The second kappa shape index (κ2) is 3.66. The van der Waals surface area contributed by atoms with Gasteiger partial charge in [-0.15, -0.1) is 0 Å². The molecule has 0 aliphatic heterocycles. The van der Waals surface area contributed by atoms with Crippen molar-refractivity contribution in [3.63, 3.8) is 0 Å². The molecule has 0 aliphatic carbocycles. The van der Waals surface area contributed by atoms with Crippen molar-refractivity contribution in [2.24, 2.45) is 0 Å². The maximum absolute atomic E-state index is 13.5. The molecular formula is C11H12FN3O. The summed E-state index contributed by atoms with van der Waals surface area (Å²) >= 11 is 0. The Labute approximate surface area is 92.5 Å².